The molecule has 172 valence electrons. The lowest BCUT2D eigenvalue weighted by atomic mass is 9.47. The van der Waals surface area contributed by atoms with Gasteiger partial charge in [0.1, 0.15) is 18.3 Å². The summed E-state index contributed by atoms with van der Waals surface area (Å²) in [4.78, 5) is 0. The monoisotopic (exact) mass is 422 g/mol. The highest BCUT2D eigenvalue weighted by Crippen LogP contribution is 2.62. The fourth-order valence-electron chi connectivity index (χ4n) is 6.21. The van der Waals surface area contributed by atoms with Gasteiger partial charge in [-0.15, -0.1) is 6.58 Å². The van der Waals surface area contributed by atoms with Crippen molar-refractivity contribution >= 4 is 0 Å². The highest BCUT2D eigenvalue weighted by molar-refractivity contribution is 5.20. The van der Waals surface area contributed by atoms with Gasteiger partial charge in [-0.1, -0.05) is 38.5 Å². The van der Waals surface area contributed by atoms with Gasteiger partial charge in [-0.3, -0.25) is 0 Å². The third-order valence-corrected chi connectivity index (χ3v) is 9.03. The van der Waals surface area contributed by atoms with E-state index in [1.54, 1.807) is 11.6 Å². The lowest BCUT2D eigenvalue weighted by Crippen LogP contribution is -2.56. The number of aliphatic hydroxyl groups excluding tert-OH is 3. The van der Waals surface area contributed by atoms with Crippen LogP contribution in [0, 0.1) is 22.7 Å². The van der Waals surface area contributed by atoms with E-state index in [4.69, 9.17) is 9.47 Å². The van der Waals surface area contributed by atoms with Crippen LogP contribution in [0.25, 0.3) is 0 Å². The predicted molar refractivity (Wildman–Crippen MR) is 118 cm³/mol. The second-order valence-corrected chi connectivity index (χ2v) is 10.8. The zero-order valence-electron chi connectivity index (χ0n) is 19.4. The van der Waals surface area contributed by atoms with E-state index in [2.05, 4.69) is 40.3 Å². The van der Waals surface area contributed by atoms with E-state index in [0.717, 1.165) is 19.3 Å². The lowest BCUT2D eigenvalue weighted by Gasteiger charge is -2.58. The van der Waals surface area contributed by atoms with Crippen molar-refractivity contribution in [2.24, 2.45) is 22.7 Å². The molecule has 0 bridgehead atoms. The SMILES string of the molecule is C=CC(C)(CCC1(C)C(C)CCC2(C)C(C)=CCCC21)OC1OCC(O)C(O)C1O. The van der Waals surface area contributed by atoms with Crippen LogP contribution in [-0.4, -0.2) is 52.1 Å². The number of allylic oxidation sites excluding steroid dienone is 2. The van der Waals surface area contributed by atoms with Gasteiger partial charge >= 0.3 is 0 Å². The van der Waals surface area contributed by atoms with Crippen molar-refractivity contribution in [2.75, 3.05) is 6.61 Å². The normalized spacial score (nSPS) is 46.5. The van der Waals surface area contributed by atoms with E-state index >= 15 is 0 Å². The summed E-state index contributed by atoms with van der Waals surface area (Å²) in [7, 11) is 0. The first kappa shape index (κ1) is 23.9. The van der Waals surface area contributed by atoms with Gasteiger partial charge in [0, 0.05) is 0 Å². The molecular formula is C25H42O5. The molecule has 30 heavy (non-hydrogen) atoms. The molecule has 9 unspecified atom stereocenters. The van der Waals surface area contributed by atoms with Crippen molar-refractivity contribution in [2.45, 2.75) is 103 Å². The summed E-state index contributed by atoms with van der Waals surface area (Å²) in [6.07, 6.45) is 6.22. The molecular weight excluding hydrogens is 380 g/mol. The predicted octanol–water partition coefficient (Wildman–Crippen LogP) is 3.97. The lowest BCUT2D eigenvalue weighted by molar-refractivity contribution is -0.293. The minimum absolute atomic E-state index is 0.0586. The number of ether oxygens (including phenoxy) is 2. The minimum Gasteiger partial charge on any atom is -0.388 e. The van der Waals surface area contributed by atoms with Gasteiger partial charge in [0.25, 0.3) is 0 Å². The van der Waals surface area contributed by atoms with Gasteiger partial charge in [0.2, 0.25) is 0 Å². The highest BCUT2D eigenvalue weighted by atomic mass is 16.7. The number of rotatable bonds is 6. The Morgan fingerprint density at radius 1 is 1.27 bits per heavy atom. The third-order valence-electron chi connectivity index (χ3n) is 9.03. The molecule has 5 heteroatoms. The largest absolute Gasteiger partial charge is 0.388 e. The summed E-state index contributed by atoms with van der Waals surface area (Å²) in [5, 5.41) is 30.0. The maximum absolute atomic E-state index is 10.3. The summed E-state index contributed by atoms with van der Waals surface area (Å²) in [5.41, 5.74) is 1.32. The van der Waals surface area contributed by atoms with E-state index in [0.29, 0.717) is 11.8 Å². The van der Waals surface area contributed by atoms with Gasteiger partial charge in [0.15, 0.2) is 6.29 Å². The van der Waals surface area contributed by atoms with Crippen LogP contribution in [0.1, 0.15) is 73.1 Å². The van der Waals surface area contributed by atoms with Crippen LogP contribution in [0.5, 0.6) is 0 Å². The molecule has 0 aromatic rings. The molecule has 3 rings (SSSR count). The molecule has 1 heterocycles. The van der Waals surface area contributed by atoms with E-state index in [9.17, 15) is 15.3 Å². The van der Waals surface area contributed by atoms with Gasteiger partial charge in [-0.25, -0.2) is 0 Å². The topological polar surface area (TPSA) is 79.2 Å². The molecule has 1 saturated carbocycles. The van der Waals surface area contributed by atoms with Crippen molar-refractivity contribution in [3.8, 4) is 0 Å². The fourth-order valence-corrected chi connectivity index (χ4v) is 6.21. The van der Waals surface area contributed by atoms with Crippen LogP contribution in [0.2, 0.25) is 0 Å². The van der Waals surface area contributed by atoms with E-state index in [1.165, 1.54) is 19.3 Å². The molecule has 0 aromatic heterocycles. The van der Waals surface area contributed by atoms with E-state index in [-0.39, 0.29) is 17.4 Å². The molecule has 0 aromatic carbocycles. The zero-order valence-corrected chi connectivity index (χ0v) is 19.4. The average molecular weight is 423 g/mol. The van der Waals surface area contributed by atoms with Gasteiger partial charge in [-0.05, 0) is 75.0 Å². The Bertz CT molecular complexity index is 662. The minimum atomic E-state index is -1.29. The second kappa shape index (κ2) is 8.67. The van der Waals surface area contributed by atoms with Gasteiger partial charge in [0.05, 0.1) is 12.2 Å². The molecule has 9 atom stereocenters. The summed E-state index contributed by atoms with van der Waals surface area (Å²) < 4.78 is 11.6. The number of hydrogen-bond acceptors (Lipinski definition) is 5. The molecule has 1 aliphatic heterocycles. The molecule has 2 fully saturated rings. The van der Waals surface area contributed by atoms with Crippen molar-refractivity contribution in [1.29, 1.82) is 0 Å². The maximum atomic E-state index is 10.3. The van der Waals surface area contributed by atoms with Gasteiger partial charge < -0.3 is 24.8 Å². The van der Waals surface area contributed by atoms with Crippen LogP contribution in [0.4, 0.5) is 0 Å². The standard InChI is InChI=1S/C25H42O5/c1-7-23(4,30-22-21(28)20(27)18(26)15-29-22)13-14-25(6)17(3)11-12-24(5)16(2)9-8-10-19(24)25/h7,9,17-22,26-28H,1,8,10-15H2,2-6H3. The fraction of sp³-hybridized carbons (Fsp3) is 0.840. The molecule has 1 saturated heterocycles. The molecule has 0 spiro atoms. The smallest absolute Gasteiger partial charge is 0.187 e. The summed E-state index contributed by atoms with van der Waals surface area (Å²) in [5.74, 6) is 1.27. The Morgan fingerprint density at radius 3 is 2.63 bits per heavy atom. The van der Waals surface area contributed by atoms with E-state index in [1.807, 2.05) is 6.92 Å². The molecule has 3 N–H and O–H groups in total. The van der Waals surface area contributed by atoms with Crippen LogP contribution < -0.4 is 0 Å². The summed E-state index contributed by atoms with van der Waals surface area (Å²) in [6.45, 7) is 15.5. The molecule has 0 radical (unpaired) electrons. The molecule has 3 aliphatic rings. The molecule has 5 nitrogen and oxygen atoms in total. The number of hydrogen-bond donors (Lipinski definition) is 3. The highest BCUT2D eigenvalue weighted by Gasteiger charge is 2.53. The zero-order chi connectivity index (χ0) is 22.3. The van der Waals surface area contributed by atoms with Crippen LogP contribution in [-0.2, 0) is 9.47 Å². The van der Waals surface area contributed by atoms with Crippen molar-refractivity contribution in [1.82, 2.24) is 0 Å². The molecule has 2 aliphatic carbocycles. The Hall–Kier alpha value is -0.720. The first-order chi connectivity index (χ1) is 14.0. The van der Waals surface area contributed by atoms with Crippen molar-refractivity contribution in [3.05, 3.63) is 24.3 Å². The Morgan fingerprint density at radius 2 is 1.97 bits per heavy atom. The van der Waals surface area contributed by atoms with Gasteiger partial charge in [-0.2, -0.15) is 0 Å². The second-order valence-electron chi connectivity index (χ2n) is 10.8. The summed E-state index contributed by atoms with van der Waals surface area (Å²) >= 11 is 0. The van der Waals surface area contributed by atoms with Crippen LogP contribution in [0.3, 0.4) is 0 Å². The van der Waals surface area contributed by atoms with Crippen LogP contribution >= 0.6 is 0 Å². The first-order valence-electron chi connectivity index (χ1n) is 11.6. The first-order valence-corrected chi connectivity index (χ1v) is 11.6. The molecule has 0 amide bonds. The van der Waals surface area contributed by atoms with E-state index < -0.39 is 30.2 Å². The quantitative estimate of drug-likeness (QED) is 0.565. The van der Waals surface area contributed by atoms with Crippen LogP contribution in [0.15, 0.2) is 24.3 Å². The maximum Gasteiger partial charge on any atom is 0.187 e. The number of fused-ring (bicyclic) bond motifs is 1. The Labute approximate surface area is 182 Å². The van der Waals surface area contributed by atoms with Crippen molar-refractivity contribution < 1.29 is 24.8 Å². The Balaban J connectivity index is 1.74. The third kappa shape index (κ3) is 4.16. The average Bonchev–Trinajstić information content (AvgIpc) is 2.72. The van der Waals surface area contributed by atoms with Crippen molar-refractivity contribution in [3.63, 3.8) is 0 Å². The summed E-state index contributed by atoms with van der Waals surface area (Å²) in [6, 6.07) is 0. The number of aliphatic hydroxyl groups is 3. The Kier molecular flexibility index (Phi) is 6.91.